The quantitative estimate of drug-likeness (QED) is 0.635. The lowest BCUT2D eigenvalue weighted by molar-refractivity contribution is -0.128. The second-order valence-electron chi connectivity index (χ2n) is 6.94. The Morgan fingerprint density at radius 3 is 2.53 bits per heavy atom. The third-order valence-electron chi connectivity index (χ3n) is 4.79. The maximum Gasteiger partial charge on any atom is 0.257 e. The second-order valence-corrected chi connectivity index (χ2v) is 7.84. The topological polar surface area (TPSA) is 91.4 Å². The summed E-state index contributed by atoms with van der Waals surface area (Å²) in [6.45, 7) is 1.28. The van der Waals surface area contributed by atoms with Crippen LogP contribution in [0.3, 0.4) is 0 Å². The van der Waals surface area contributed by atoms with Crippen LogP contribution in [0.1, 0.15) is 39.1 Å². The lowest BCUT2D eigenvalue weighted by Crippen LogP contribution is -2.24. The van der Waals surface area contributed by atoms with Crippen molar-refractivity contribution in [3.63, 3.8) is 0 Å². The predicted molar refractivity (Wildman–Crippen MR) is 116 cm³/mol. The average Bonchev–Trinajstić information content (AvgIpc) is 3.41. The summed E-state index contributed by atoms with van der Waals surface area (Å²) >= 11 is 1.34. The minimum atomic E-state index is -0.257. The molecule has 3 amide bonds. The molecular weight excluding hydrogens is 400 g/mol. The molecule has 0 bridgehead atoms. The van der Waals surface area contributed by atoms with E-state index in [-0.39, 0.29) is 17.7 Å². The molecule has 1 aromatic heterocycles. The van der Waals surface area contributed by atoms with Crippen LogP contribution in [0, 0.1) is 0 Å². The van der Waals surface area contributed by atoms with Crippen molar-refractivity contribution in [2.75, 3.05) is 17.2 Å². The van der Waals surface area contributed by atoms with E-state index in [9.17, 15) is 14.4 Å². The molecule has 0 atom stereocenters. The van der Waals surface area contributed by atoms with Gasteiger partial charge in [-0.1, -0.05) is 12.1 Å². The number of carbonyl (C=O) groups is 3. The van der Waals surface area contributed by atoms with Crippen molar-refractivity contribution >= 4 is 39.9 Å². The minimum absolute atomic E-state index is 0.156. The summed E-state index contributed by atoms with van der Waals surface area (Å²) in [6, 6.07) is 13.9. The highest BCUT2D eigenvalue weighted by atomic mass is 32.1. The first kappa shape index (κ1) is 19.8. The van der Waals surface area contributed by atoms with E-state index in [0.29, 0.717) is 34.9 Å². The SMILES string of the molecule is O=C(Nc1ccc(C(=O)Nc2nccs2)cc1)c1cccc(CN2CCCC2=O)c1. The van der Waals surface area contributed by atoms with E-state index in [1.807, 2.05) is 17.0 Å². The van der Waals surface area contributed by atoms with Gasteiger partial charge >= 0.3 is 0 Å². The van der Waals surface area contributed by atoms with Gasteiger partial charge in [0.2, 0.25) is 5.91 Å². The van der Waals surface area contributed by atoms with E-state index in [0.717, 1.165) is 18.5 Å². The summed E-state index contributed by atoms with van der Waals surface area (Å²) in [5, 5.41) is 7.87. The molecule has 0 spiro atoms. The summed E-state index contributed by atoms with van der Waals surface area (Å²) < 4.78 is 0. The highest BCUT2D eigenvalue weighted by molar-refractivity contribution is 7.13. The lowest BCUT2D eigenvalue weighted by atomic mass is 10.1. The molecule has 2 aromatic carbocycles. The zero-order valence-electron chi connectivity index (χ0n) is 16.1. The molecule has 1 saturated heterocycles. The first-order valence-corrected chi connectivity index (χ1v) is 10.5. The van der Waals surface area contributed by atoms with Gasteiger partial charge in [-0.2, -0.15) is 0 Å². The zero-order chi connectivity index (χ0) is 20.9. The van der Waals surface area contributed by atoms with Crippen molar-refractivity contribution in [1.29, 1.82) is 0 Å². The number of likely N-dealkylation sites (tertiary alicyclic amines) is 1. The van der Waals surface area contributed by atoms with Gasteiger partial charge in [-0.25, -0.2) is 4.98 Å². The molecule has 2 heterocycles. The molecule has 8 heteroatoms. The normalized spacial score (nSPS) is 13.3. The fourth-order valence-corrected chi connectivity index (χ4v) is 3.79. The highest BCUT2D eigenvalue weighted by Crippen LogP contribution is 2.17. The van der Waals surface area contributed by atoms with Crippen LogP contribution < -0.4 is 10.6 Å². The molecule has 0 aliphatic carbocycles. The van der Waals surface area contributed by atoms with Crippen LogP contribution in [-0.4, -0.2) is 34.2 Å². The zero-order valence-corrected chi connectivity index (χ0v) is 16.9. The maximum absolute atomic E-state index is 12.6. The number of thiazole rings is 1. The molecule has 7 nitrogen and oxygen atoms in total. The number of anilines is 2. The Bertz CT molecular complexity index is 1060. The van der Waals surface area contributed by atoms with Crippen molar-refractivity contribution < 1.29 is 14.4 Å². The molecule has 0 saturated carbocycles. The summed E-state index contributed by atoms with van der Waals surface area (Å²) in [4.78, 5) is 42.5. The molecule has 0 radical (unpaired) electrons. The third-order valence-corrected chi connectivity index (χ3v) is 5.48. The lowest BCUT2D eigenvalue weighted by Gasteiger charge is -2.16. The molecule has 2 N–H and O–H groups in total. The first-order valence-electron chi connectivity index (χ1n) is 9.57. The highest BCUT2D eigenvalue weighted by Gasteiger charge is 2.20. The Kier molecular flexibility index (Phi) is 5.85. The van der Waals surface area contributed by atoms with E-state index in [4.69, 9.17) is 0 Å². The molecule has 30 heavy (non-hydrogen) atoms. The van der Waals surface area contributed by atoms with Gasteiger partial charge in [0.15, 0.2) is 5.13 Å². The molecule has 1 aliphatic heterocycles. The largest absolute Gasteiger partial charge is 0.338 e. The van der Waals surface area contributed by atoms with E-state index in [1.54, 1.807) is 48.0 Å². The second kappa shape index (κ2) is 8.87. The number of hydrogen-bond donors (Lipinski definition) is 2. The van der Waals surface area contributed by atoms with E-state index >= 15 is 0 Å². The minimum Gasteiger partial charge on any atom is -0.338 e. The van der Waals surface area contributed by atoms with Gasteiger partial charge in [-0.3, -0.25) is 19.7 Å². The number of benzene rings is 2. The average molecular weight is 420 g/mol. The maximum atomic E-state index is 12.6. The summed E-state index contributed by atoms with van der Waals surface area (Å²) in [6.07, 6.45) is 3.10. The van der Waals surface area contributed by atoms with Crippen LogP contribution in [0.5, 0.6) is 0 Å². The molecular formula is C22H20N4O3S. The van der Waals surface area contributed by atoms with Gasteiger partial charge in [0.05, 0.1) is 0 Å². The number of aromatic nitrogens is 1. The number of amides is 3. The van der Waals surface area contributed by atoms with Gasteiger partial charge in [-0.05, 0) is 48.4 Å². The fourth-order valence-electron chi connectivity index (χ4n) is 3.27. The predicted octanol–water partition coefficient (Wildman–Crippen LogP) is 3.77. The van der Waals surface area contributed by atoms with Gasteiger partial charge in [0.1, 0.15) is 0 Å². The number of nitrogens with one attached hydrogen (secondary N) is 2. The molecule has 1 aliphatic rings. The number of hydrogen-bond acceptors (Lipinski definition) is 5. The van der Waals surface area contributed by atoms with Gasteiger partial charge in [0, 0.05) is 47.9 Å². The van der Waals surface area contributed by atoms with Crippen molar-refractivity contribution in [2.45, 2.75) is 19.4 Å². The number of rotatable bonds is 6. The summed E-state index contributed by atoms with van der Waals surface area (Å²) in [5.74, 6) is -0.347. The monoisotopic (exact) mass is 420 g/mol. The van der Waals surface area contributed by atoms with Gasteiger partial charge < -0.3 is 10.2 Å². The Morgan fingerprint density at radius 1 is 1.03 bits per heavy atom. The van der Waals surface area contributed by atoms with Crippen LogP contribution in [-0.2, 0) is 11.3 Å². The number of carbonyl (C=O) groups excluding carboxylic acids is 3. The van der Waals surface area contributed by atoms with Crippen LogP contribution in [0.15, 0.2) is 60.1 Å². The first-order chi connectivity index (χ1) is 14.6. The van der Waals surface area contributed by atoms with Crippen molar-refractivity contribution in [1.82, 2.24) is 9.88 Å². The van der Waals surface area contributed by atoms with Gasteiger partial charge in [0.25, 0.3) is 11.8 Å². The van der Waals surface area contributed by atoms with Crippen molar-refractivity contribution in [3.8, 4) is 0 Å². The number of nitrogens with zero attached hydrogens (tertiary/aromatic N) is 2. The van der Waals surface area contributed by atoms with E-state index in [1.165, 1.54) is 11.3 Å². The van der Waals surface area contributed by atoms with Crippen LogP contribution in [0.4, 0.5) is 10.8 Å². The van der Waals surface area contributed by atoms with Crippen LogP contribution in [0.25, 0.3) is 0 Å². The fraction of sp³-hybridized carbons (Fsp3) is 0.182. The van der Waals surface area contributed by atoms with Crippen LogP contribution in [0.2, 0.25) is 0 Å². The summed E-state index contributed by atoms with van der Waals surface area (Å²) in [7, 11) is 0. The van der Waals surface area contributed by atoms with Gasteiger partial charge in [-0.15, -0.1) is 11.3 Å². The van der Waals surface area contributed by atoms with Crippen molar-refractivity contribution in [3.05, 3.63) is 76.8 Å². The molecule has 1 fully saturated rings. The Labute approximate surface area is 177 Å². The molecule has 0 unspecified atom stereocenters. The Hall–Kier alpha value is -3.52. The standard InChI is InChI=1S/C22H20N4O3S/c27-19-5-2-11-26(19)14-15-3-1-4-17(13-15)21(29)24-18-8-6-16(7-9-18)20(28)25-22-23-10-12-30-22/h1,3-4,6-10,12-13H,2,5,11,14H2,(H,24,29)(H,23,25,28). The Morgan fingerprint density at radius 2 is 1.83 bits per heavy atom. The van der Waals surface area contributed by atoms with E-state index in [2.05, 4.69) is 15.6 Å². The molecule has 152 valence electrons. The molecule has 4 rings (SSSR count). The smallest absolute Gasteiger partial charge is 0.257 e. The third kappa shape index (κ3) is 4.72. The van der Waals surface area contributed by atoms with E-state index < -0.39 is 0 Å². The Balaban J connectivity index is 1.38. The molecule has 3 aromatic rings. The van der Waals surface area contributed by atoms with Crippen LogP contribution >= 0.6 is 11.3 Å². The summed E-state index contributed by atoms with van der Waals surface area (Å²) in [5.41, 5.74) is 2.50. The van der Waals surface area contributed by atoms with Crippen molar-refractivity contribution in [2.24, 2.45) is 0 Å².